The molecule has 184 valence electrons. The second-order valence-electron chi connectivity index (χ2n) is 8.00. The van der Waals surface area contributed by atoms with Gasteiger partial charge in [-0.2, -0.15) is 0 Å². The number of ether oxygens (including phenoxy) is 2. The van der Waals surface area contributed by atoms with Crippen molar-refractivity contribution in [3.63, 3.8) is 0 Å². The lowest BCUT2D eigenvalue weighted by Crippen LogP contribution is -2.32. The first-order valence-corrected chi connectivity index (χ1v) is 11.2. The molecule has 1 aliphatic rings. The molecule has 0 spiro atoms. The van der Waals surface area contributed by atoms with Crippen LogP contribution in [0.25, 0.3) is 0 Å². The van der Waals surface area contributed by atoms with Gasteiger partial charge in [0.25, 0.3) is 0 Å². The number of carbonyl (C=O) groups is 1. The van der Waals surface area contributed by atoms with E-state index in [4.69, 9.17) is 17.0 Å². The van der Waals surface area contributed by atoms with Crippen LogP contribution in [-0.2, 0) is 6.54 Å². The smallest absolute Gasteiger partial charge is 0.489 e. The monoisotopic (exact) mass is 505 g/mol. The van der Waals surface area contributed by atoms with Gasteiger partial charge in [0.15, 0.2) is 11.6 Å². The van der Waals surface area contributed by atoms with E-state index in [0.29, 0.717) is 41.6 Å². The highest BCUT2D eigenvalue weighted by Crippen LogP contribution is 2.31. The molecule has 3 heterocycles. The van der Waals surface area contributed by atoms with Gasteiger partial charge < -0.3 is 14.4 Å². The maximum absolute atomic E-state index is 12.6. The van der Waals surface area contributed by atoms with Gasteiger partial charge in [-0.25, -0.2) is 14.6 Å². The van der Waals surface area contributed by atoms with E-state index in [1.165, 1.54) is 35.3 Å². The molecule has 4 rings (SSSR count). The van der Waals surface area contributed by atoms with Gasteiger partial charge in [0.05, 0.1) is 18.1 Å². The molecular weight excluding hydrogens is 483 g/mol. The maximum atomic E-state index is 12.6. The highest BCUT2D eigenvalue weighted by atomic mass is 32.1. The largest absolute Gasteiger partial charge is 0.573 e. The Morgan fingerprint density at radius 3 is 2.74 bits per heavy atom. The van der Waals surface area contributed by atoms with Crippen molar-refractivity contribution in [2.75, 3.05) is 18.6 Å². The molecule has 0 fully saturated rings. The first kappa shape index (κ1) is 24.6. The quantitative estimate of drug-likeness (QED) is 0.328. The van der Waals surface area contributed by atoms with E-state index in [1.807, 2.05) is 18.0 Å². The zero-order valence-electron chi connectivity index (χ0n) is 18.7. The number of carbonyl (C=O) groups excluding carboxylic acids is 1. The number of hydrogen-bond donors (Lipinski definition) is 0. The molecule has 1 aliphatic heterocycles. The number of thiocarbonyl (C=S) groups is 1. The van der Waals surface area contributed by atoms with Gasteiger partial charge in [0.1, 0.15) is 12.1 Å². The molecule has 0 radical (unpaired) electrons. The fourth-order valence-corrected chi connectivity index (χ4v) is 3.97. The van der Waals surface area contributed by atoms with Gasteiger partial charge in [-0.1, -0.05) is 24.4 Å². The Morgan fingerprint density at radius 2 is 2.00 bits per heavy atom. The molecule has 0 amide bonds. The van der Waals surface area contributed by atoms with Crippen LogP contribution >= 0.6 is 12.2 Å². The van der Waals surface area contributed by atoms with Crippen molar-refractivity contribution < 1.29 is 27.4 Å². The number of halogens is 3. The number of alkyl halides is 3. The summed E-state index contributed by atoms with van der Waals surface area (Å²) in [6.45, 7) is 0.664. The number of benzene rings is 1. The van der Waals surface area contributed by atoms with Crippen molar-refractivity contribution in [2.24, 2.45) is 5.92 Å². The Kier molecular flexibility index (Phi) is 7.29. The lowest BCUT2D eigenvalue weighted by Gasteiger charge is -2.21. The van der Waals surface area contributed by atoms with Crippen LogP contribution in [0.5, 0.6) is 11.5 Å². The summed E-state index contributed by atoms with van der Waals surface area (Å²) in [5.41, 5.74) is 0.685. The number of rotatable bonds is 8. The summed E-state index contributed by atoms with van der Waals surface area (Å²) in [6.07, 6.45) is -0.142. The standard InChI is InChI=1S/C23H22F3N5O3S/c1-30-21-19(6-3-11-27-21)33-13-16(22(30)35)4-2-5-18(32)20-28-14-31(29-20)12-15-7-9-17(10-8-15)34-23(24,25)26/h3,6-11,14,16H,2,4-5,12-13H2,1H3/t16-/m0/s1. The number of anilines is 1. The minimum atomic E-state index is -4.74. The molecule has 0 saturated carbocycles. The predicted octanol–water partition coefficient (Wildman–Crippen LogP) is 4.45. The number of hydrogen-bond acceptors (Lipinski definition) is 7. The second kappa shape index (κ2) is 10.4. The van der Waals surface area contributed by atoms with Crippen molar-refractivity contribution in [1.29, 1.82) is 0 Å². The minimum absolute atomic E-state index is 0.0354. The summed E-state index contributed by atoms with van der Waals surface area (Å²) >= 11 is 5.61. The number of aromatic nitrogens is 4. The summed E-state index contributed by atoms with van der Waals surface area (Å²) in [7, 11) is 1.86. The van der Waals surface area contributed by atoms with E-state index in [1.54, 1.807) is 12.3 Å². The van der Waals surface area contributed by atoms with Crippen LogP contribution in [0.2, 0.25) is 0 Å². The molecule has 0 unspecified atom stereocenters. The van der Waals surface area contributed by atoms with Crippen LogP contribution in [0.15, 0.2) is 48.9 Å². The summed E-state index contributed by atoms with van der Waals surface area (Å²) in [4.78, 5) is 23.5. The Balaban J connectivity index is 1.27. The highest BCUT2D eigenvalue weighted by molar-refractivity contribution is 7.80. The molecule has 0 bridgehead atoms. The Labute approximate surface area is 204 Å². The van der Waals surface area contributed by atoms with Crippen LogP contribution in [0.4, 0.5) is 19.0 Å². The predicted molar refractivity (Wildman–Crippen MR) is 125 cm³/mol. The van der Waals surface area contributed by atoms with Gasteiger partial charge in [-0.3, -0.25) is 4.79 Å². The third kappa shape index (κ3) is 6.32. The number of ketones is 1. The average molecular weight is 506 g/mol. The normalized spacial score (nSPS) is 15.8. The molecular formula is C23H22F3N5O3S. The topological polar surface area (TPSA) is 82.4 Å². The van der Waals surface area contributed by atoms with Gasteiger partial charge in [0, 0.05) is 25.6 Å². The Morgan fingerprint density at radius 1 is 1.23 bits per heavy atom. The zero-order valence-corrected chi connectivity index (χ0v) is 19.6. The number of nitrogens with zero attached hydrogens (tertiary/aromatic N) is 5. The van der Waals surface area contributed by atoms with Crippen LogP contribution < -0.4 is 14.4 Å². The minimum Gasteiger partial charge on any atom is -0.489 e. The molecule has 0 saturated heterocycles. The molecule has 12 heteroatoms. The van der Waals surface area contributed by atoms with Gasteiger partial charge in [-0.15, -0.1) is 18.3 Å². The van der Waals surface area contributed by atoms with Crippen molar-refractivity contribution in [2.45, 2.75) is 32.2 Å². The molecule has 0 aliphatic carbocycles. The van der Waals surface area contributed by atoms with Crippen molar-refractivity contribution in [3.8, 4) is 11.5 Å². The van der Waals surface area contributed by atoms with Crippen LogP contribution in [0, 0.1) is 5.92 Å². The molecule has 2 aromatic heterocycles. The van der Waals surface area contributed by atoms with Gasteiger partial charge in [-0.05, 0) is 42.7 Å². The van der Waals surface area contributed by atoms with E-state index in [0.717, 1.165) is 0 Å². The van der Waals surface area contributed by atoms with Crippen molar-refractivity contribution in [1.82, 2.24) is 19.7 Å². The molecule has 1 aromatic carbocycles. The van der Waals surface area contributed by atoms with Crippen LogP contribution in [0.1, 0.15) is 35.4 Å². The summed E-state index contributed by atoms with van der Waals surface area (Å²) in [5, 5.41) is 4.20. The van der Waals surface area contributed by atoms with Gasteiger partial charge in [0.2, 0.25) is 11.6 Å². The number of pyridine rings is 1. The molecule has 8 nitrogen and oxygen atoms in total. The zero-order chi connectivity index (χ0) is 25.0. The van der Waals surface area contributed by atoms with Crippen LogP contribution in [0.3, 0.4) is 0 Å². The second-order valence-corrected chi connectivity index (χ2v) is 8.42. The molecule has 1 atom stereocenters. The van der Waals surface area contributed by atoms with Gasteiger partial charge >= 0.3 is 6.36 Å². The Hall–Kier alpha value is -3.54. The van der Waals surface area contributed by atoms with E-state index in [9.17, 15) is 18.0 Å². The molecule has 0 N–H and O–H groups in total. The van der Waals surface area contributed by atoms with Crippen molar-refractivity contribution in [3.05, 3.63) is 60.3 Å². The molecule has 3 aromatic rings. The van der Waals surface area contributed by atoms with E-state index in [2.05, 4.69) is 19.8 Å². The maximum Gasteiger partial charge on any atom is 0.573 e. The van der Waals surface area contributed by atoms with Crippen molar-refractivity contribution >= 4 is 28.8 Å². The lowest BCUT2D eigenvalue weighted by atomic mass is 10.0. The number of Topliss-reactive ketones (excluding diaryl/α,β-unsaturated/α-hetero) is 1. The average Bonchev–Trinajstić information content (AvgIpc) is 3.25. The van der Waals surface area contributed by atoms with E-state index in [-0.39, 0.29) is 36.2 Å². The SMILES string of the molecule is CN1C(=S)[C@@H](CCCC(=O)c2ncn(Cc3ccc(OC(F)(F)F)cc3)n2)COc2cccnc21. The third-order valence-electron chi connectivity index (χ3n) is 5.43. The molecule has 35 heavy (non-hydrogen) atoms. The lowest BCUT2D eigenvalue weighted by molar-refractivity contribution is -0.274. The first-order valence-electron chi connectivity index (χ1n) is 10.8. The van der Waals surface area contributed by atoms with Crippen LogP contribution in [-0.4, -0.2) is 50.5 Å². The highest BCUT2D eigenvalue weighted by Gasteiger charge is 2.31. The first-order chi connectivity index (χ1) is 16.7. The fraction of sp³-hybridized carbons (Fsp3) is 0.348. The summed E-state index contributed by atoms with van der Waals surface area (Å²) in [5.74, 6) is 0.904. The summed E-state index contributed by atoms with van der Waals surface area (Å²) < 4.78 is 48.0. The fourth-order valence-electron chi connectivity index (χ4n) is 3.70. The summed E-state index contributed by atoms with van der Waals surface area (Å²) in [6, 6.07) is 9.08. The van der Waals surface area contributed by atoms with E-state index < -0.39 is 6.36 Å². The number of fused-ring (bicyclic) bond motifs is 1. The third-order valence-corrected chi connectivity index (χ3v) is 6.04. The Bertz CT molecular complexity index is 1200. The van der Waals surface area contributed by atoms with E-state index >= 15 is 0 Å².